The van der Waals surface area contributed by atoms with Gasteiger partial charge in [-0.05, 0) is 43.0 Å². The lowest BCUT2D eigenvalue weighted by Crippen LogP contribution is -2.50. The van der Waals surface area contributed by atoms with Gasteiger partial charge in [-0.3, -0.25) is 4.68 Å². The van der Waals surface area contributed by atoms with Gasteiger partial charge < -0.3 is 15.7 Å². The molecule has 1 aliphatic rings. The van der Waals surface area contributed by atoms with Gasteiger partial charge in [0.1, 0.15) is 0 Å². The molecule has 128 valence electrons. The Morgan fingerprint density at radius 1 is 1.33 bits per heavy atom. The average molecular weight is 349 g/mol. The molecular weight excluding hydrogens is 328 g/mol. The maximum Gasteiger partial charge on any atom is 0.314 e. The normalized spacial score (nSPS) is 16.9. The van der Waals surface area contributed by atoms with E-state index in [2.05, 4.69) is 15.7 Å². The number of hydrogen-bond acceptors (Lipinski definition) is 3. The van der Waals surface area contributed by atoms with Crippen LogP contribution in [-0.2, 0) is 0 Å². The first kappa shape index (κ1) is 16.8. The zero-order valence-electron chi connectivity index (χ0n) is 13.3. The summed E-state index contributed by atoms with van der Waals surface area (Å²) < 4.78 is 1.79. The highest BCUT2D eigenvalue weighted by Gasteiger charge is 2.34. The molecule has 0 radical (unpaired) electrons. The van der Waals surface area contributed by atoms with E-state index in [0.29, 0.717) is 11.6 Å². The number of hydrogen-bond donors (Lipinski definition) is 3. The van der Waals surface area contributed by atoms with Gasteiger partial charge in [0.2, 0.25) is 0 Å². The maximum absolute atomic E-state index is 12.0. The van der Waals surface area contributed by atoms with Crippen LogP contribution < -0.4 is 10.6 Å². The van der Waals surface area contributed by atoms with Crippen LogP contribution in [0, 0.1) is 0 Å². The standard InChI is InChI=1S/C17H21ClN4O2/c18-14-5-3-13(4-6-14)15(22-10-2-9-21-22)11-19-16(23)20-12-17(24)7-1-8-17/h2-6,9-10,15,24H,1,7-8,11-12H2,(H2,19,20,23)/t15-/m1/s1. The Kier molecular flexibility index (Phi) is 5.06. The fourth-order valence-corrected chi connectivity index (χ4v) is 2.90. The Balaban J connectivity index is 1.60. The molecule has 0 unspecified atom stereocenters. The molecule has 1 aliphatic carbocycles. The second-order valence-corrected chi connectivity index (χ2v) is 6.63. The average Bonchev–Trinajstić information content (AvgIpc) is 3.07. The zero-order valence-corrected chi connectivity index (χ0v) is 14.0. The van der Waals surface area contributed by atoms with Crippen molar-refractivity contribution in [2.24, 2.45) is 0 Å². The van der Waals surface area contributed by atoms with Crippen LogP contribution in [-0.4, -0.2) is 39.6 Å². The van der Waals surface area contributed by atoms with Crippen molar-refractivity contribution in [3.05, 3.63) is 53.3 Å². The quantitative estimate of drug-likeness (QED) is 0.749. The first-order chi connectivity index (χ1) is 11.6. The Bertz CT molecular complexity index is 668. The number of carbonyl (C=O) groups is 1. The van der Waals surface area contributed by atoms with Crippen LogP contribution in [0.3, 0.4) is 0 Å². The molecular formula is C17H21ClN4O2. The van der Waals surface area contributed by atoms with Gasteiger partial charge in [-0.15, -0.1) is 0 Å². The molecule has 1 aromatic heterocycles. The van der Waals surface area contributed by atoms with E-state index in [1.807, 2.05) is 36.5 Å². The van der Waals surface area contributed by atoms with Gasteiger partial charge in [0, 0.05) is 30.5 Å². The molecule has 1 heterocycles. The van der Waals surface area contributed by atoms with Crippen molar-refractivity contribution >= 4 is 17.6 Å². The third kappa shape index (κ3) is 4.07. The van der Waals surface area contributed by atoms with Crippen molar-refractivity contribution in [2.45, 2.75) is 30.9 Å². The third-order valence-corrected chi connectivity index (χ3v) is 4.67. The molecule has 1 saturated carbocycles. The number of urea groups is 1. The summed E-state index contributed by atoms with van der Waals surface area (Å²) >= 11 is 5.95. The Hall–Kier alpha value is -2.05. The van der Waals surface area contributed by atoms with Gasteiger partial charge in [-0.1, -0.05) is 23.7 Å². The van der Waals surface area contributed by atoms with Crippen LogP contribution >= 0.6 is 11.6 Å². The molecule has 24 heavy (non-hydrogen) atoms. The number of nitrogens with zero attached hydrogens (tertiary/aromatic N) is 2. The number of rotatable bonds is 6. The van der Waals surface area contributed by atoms with Gasteiger partial charge in [0.05, 0.1) is 11.6 Å². The van der Waals surface area contributed by atoms with Crippen LogP contribution in [0.2, 0.25) is 5.02 Å². The van der Waals surface area contributed by atoms with E-state index in [-0.39, 0.29) is 18.6 Å². The topological polar surface area (TPSA) is 79.2 Å². The van der Waals surface area contributed by atoms with E-state index in [1.54, 1.807) is 10.9 Å². The number of carbonyl (C=O) groups excluding carboxylic acids is 1. The largest absolute Gasteiger partial charge is 0.388 e. The smallest absolute Gasteiger partial charge is 0.314 e. The van der Waals surface area contributed by atoms with E-state index >= 15 is 0 Å². The van der Waals surface area contributed by atoms with E-state index in [9.17, 15) is 9.90 Å². The number of aromatic nitrogens is 2. The third-order valence-electron chi connectivity index (χ3n) is 4.42. The van der Waals surface area contributed by atoms with Crippen molar-refractivity contribution in [2.75, 3.05) is 13.1 Å². The zero-order chi connectivity index (χ0) is 17.0. The van der Waals surface area contributed by atoms with Gasteiger partial charge >= 0.3 is 6.03 Å². The number of nitrogens with one attached hydrogen (secondary N) is 2. The summed E-state index contributed by atoms with van der Waals surface area (Å²) in [5.74, 6) is 0. The molecule has 2 amide bonds. The number of amides is 2. The van der Waals surface area contributed by atoms with Crippen LogP contribution in [0.5, 0.6) is 0 Å². The van der Waals surface area contributed by atoms with E-state index < -0.39 is 5.60 Å². The molecule has 7 heteroatoms. The lowest BCUT2D eigenvalue weighted by atomic mass is 9.80. The molecule has 6 nitrogen and oxygen atoms in total. The van der Waals surface area contributed by atoms with Crippen LogP contribution in [0.15, 0.2) is 42.7 Å². The Morgan fingerprint density at radius 2 is 2.08 bits per heavy atom. The number of aliphatic hydroxyl groups is 1. The summed E-state index contributed by atoms with van der Waals surface area (Å²) in [4.78, 5) is 12.0. The van der Waals surface area contributed by atoms with Crippen molar-refractivity contribution in [3.63, 3.8) is 0 Å². The molecule has 3 N–H and O–H groups in total. The minimum absolute atomic E-state index is 0.130. The number of halogens is 1. The predicted octanol–water partition coefficient (Wildman–Crippen LogP) is 2.34. The fraction of sp³-hybridized carbons (Fsp3) is 0.412. The molecule has 0 saturated heterocycles. The van der Waals surface area contributed by atoms with Gasteiger partial charge in [-0.2, -0.15) is 5.10 Å². The molecule has 2 aromatic rings. The lowest BCUT2D eigenvalue weighted by Gasteiger charge is -2.36. The molecule has 1 aromatic carbocycles. The second-order valence-electron chi connectivity index (χ2n) is 6.19. The molecule has 0 aliphatic heterocycles. The summed E-state index contributed by atoms with van der Waals surface area (Å²) in [6, 6.07) is 8.90. The molecule has 0 bridgehead atoms. The van der Waals surface area contributed by atoms with Crippen LogP contribution in [0.25, 0.3) is 0 Å². The molecule has 0 spiro atoms. The van der Waals surface area contributed by atoms with Crippen LogP contribution in [0.4, 0.5) is 4.79 Å². The van der Waals surface area contributed by atoms with E-state index in [0.717, 1.165) is 24.8 Å². The monoisotopic (exact) mass is 348 g/mol. The predicted molar refractivity (Wildman–Crippen MR) is 92.0 cm³/mol. The first-order valence-corrected chi connectivity index (χ1v) is 8.42. The molecule has 1 fully saturated rings. The summed E-state index contributed by atoms with van der Waals surface area (Å²) in [5.41, 5.74) is 0.274. The SMILES string of the molecule is O=C(NC[C@H](c1ccc(Cl)cc1)n1cccn1)NCC1(O)CCC1. The maximum atomic E-state index is 12.0. The van der Waals surface area contributed by atoms with Gasteiger partial charge in [-0.25, -0.2) is 4.79 Å². The van der Waals surface area contributed by atoms with Crippen molar-refractivity contribution < 1.29 is 9.90 Å². The molecule has 1 atom stereocenters. The summed E-state index contributed by atoms with van der Waals surface area (Å²) in [5, 5.41) is 20.5. The number of benzene rings is 1. The highest BCUT2D eigenvalue weighted by Crippen LogP contribution is 2.30. The second kappa shape index (κ2) is 7.23. The fourth-order valence-electron chi connectivity index (χ4n) is 2.77. The van der Waals surface area contributed by atoms with Gasteiger partial charge in [0.25, 0.3) is 0 Å². The molecule has 3 rings (SSSR count). The van der Waals surface area contributed by atoms with Gasteiger partial charge in [0.15, 0.2) is 0 Å². The lowest BCUT2D eigenvalue weighted by molar-refractivity contribution is -0.0290. The van der Waals surface area contributed by atoms with E-state index in [1.165, 1.54) is 0 Å². The Morgan fingerprint density at radius 3 is 2.67 bits per heavy atom. The minimum atomic E-state index is -0.727. The van der Waals surface area contributed by atoms with Crippen LogP contribution in [0.1, 0.15) is 30.9 Å². The summed E-state index contributed by atoms with van der Waals surface area (Å²) in [7, 11) is 0. The summed E-state index contributed by atoms with van der Waals surface area (Å²) in [6.45, 7) is 0.666. The highest BCUT2D eigenvalue weighted by atomic mass is 35.5. The van der Waals surface area contributed by atoms with Crippen molar-refractivity contribution in [3.8, 4) is 0 Å². The first-order valence-electron chi connectivity index (χ1n) is 8.04. The highest BCUT2D eigenvalue weighted by molar-refractivity contribution is 6.30. The summed E-state index contributed by atoms with van der Waals surface area (Å²) in [6.07, 6.45) is 6.06. The minimum Gasteiger partial charge on any atom is -0.388 e. The van der Waals surface area contributed by atoms with Crippen molar-refractivity contribution in [1.29, 1.82) is 0 Å². The van der Waals surface area contributed by atoms with E-state index in [4.69, 9.17) is 11.6 Å². The van der Waals surface area contributed by atoms with Crippen molar-refractivity contribution in [1.82, 2.24) is 20.4 Å². The Labute approximate surface area is 145 Å².